The number of nitrogens with zero attached hydrogens (tertiary/aromatic N) is 4. The summed E-state index contributed by atoms with van der Waals surface area (Å²) in [7, 11) is 0. The lowest BCUT2D eigenvalue weighted by Crippen LogP contribution is -2.48. The molecular weight excluding hydrogens is 434 g/mol. The molecule has 1 aromatic heterocycles. The monoisotopic (exact) mass is 457 g/mol. The van der Waals surface area contributed by atoms with Crippen LogP contribution in [0.3, 0.4) is 0 Å². The minimum atomic E-state index is -4.92. The zero-order valence-electron chi connectivity index (χ0n) is 17.7. The van der Waals surface area contributed by atoms with Gasteiger partial charge in [-0.25, -0.2) is 13.9 Å². The normalized spacial score (nSPS) is 15.5. The third kappa shape index (κ3) is 5.54. The Morgan fingerprint density at radius 2 is 1.69 bits per heavy atom. The van der Waals surface area contributed by atoms with Crippen molar-refractivity contribution in [2.24, 2.45) is 0 Å². The van der Waals surface area contributed by atoms with E-state index in [1.807, 2.05) is 0 Å². The first kappa shape index (κ1) is 23.5. The number of likely N-dealkylation sites (tertiary alicyclic amines) is 1. The smallest absolute Gasteiger partial charge is 0.435 e. The van der Waals surface area contributed by atoms with Crippen LogP contribution in [0.15, 0.2) is 24.3 Å². The van der Waals surface area contributed by atoms with Crippen molar-refractivity contribution in [3.05, 3.63) is 41.5 Å². The largest absolute Gasteiger partial charge is 0.444 e. The molecule has 1 fully saturated rings. The van der Waals surface area contributed by atoms with Gasteiger partial charge in [0.25, 0.3) is 5.91 Å². The fourth-order valence-corrected chi connectivity index (χ4v) is 3.29. The third-order valence-electron chi connectivity index (χ3n) is 4.72. The van der Waals surface area contributed by atoms with Crippen molar-refractivity contribution < 1.29 is 31.9 Å². The minimum Gasteiger partial charge on any atom is -0.444 e. The highest BCUT2D eigenvalue weighted by atomic mass is 19.4. The molecule has 0 radical (unpaired) electrons. The van der Waals surface area contributed by atoms with E-state index in [-0.39, 0.29) is 24.8 Å². The van der Waals surface area contributed by atoms with Crippen LogP contribution in [0.5, 0.6) is 0 Å². The Morgan fingerprint density at radius 3 is 2.22 bits per heavy atom. The summed E-state index contributed by atoms with van der Waals surface area (Å²) in [5.41, 5.74) is -2.90. The molecule has 12 heteroatoms. The van der Waals surface area contributed by atoms with Gasteiger partial charge in [-0.2, -0.15) is 13.2 Å². The highest BCUT2D eigenvalue weighted by Crippen LogP contribution is 2.33. The van der Waals surface area contributed by atoms with Crippen molar-refractivity contribution in [2.75, 3.05) is 13.1 Å². The van der Waals surface area contributed by atoms with E-state index in [4.69, 9.17) is 4.74 Å². The number of rotatable bonds is 3. The summed E-state index contributed by atoms with van der Waals surface area (Å²) >= 11 is 0. The van der Waals surface area contributed by atoms with E-state index in [1.165, 1.54) is 4.90 Å². The topological polar surface area (TPSA) is 89.3 Å². The second-order valence-electron chi connectivity index (χ2n) is 8.39. The van der Waals surface area contributed by atoms with Gasteiger partial charge >= 0.3 is 12.3 Å². The lowest BCUT2D eigenvalue weighted by molar-refractivity contribution is -0.143. The molecule has 0 atom stereocenters. The summed E-state index contributed by atoms with van der Waals surface area (Å²) in [5, 5.41) is 9.67. The standard InChI is InChI=1S/C20H23F4N5O3/c1-19(2,3)32-18(31)25-13-8-10-28(11-9-13)17(30)15-16(20(22,23)24)29(27-26-15)14-6-4-12(21)5-7-14/h4-7,13H,8-11H2,1-3H3,(H,25,31). The van der Waals surface area contributed by atoms with Gasteiger partial charge in [0.05, 0.1) is 5.69 Å². The fraction of sp³-hybridized carbons (Fsp3) is 0.500. The van der Waals surface area contributed by atoms with Crippen LogP contribution in [0.4, 0.5) is 22.4 Å². The molecule has 8 nitrogen and oxygen atoms in total. The molecule has 174 valence electrons. The van der Waals surface area contributed by atoms with Crippen LogP contribution in [0.1, 0.15) is 49.8 Å². The Kier molecular flexibility index (Phi) is 6.42. The maximum atomic E-state index is 13.8. The van der Waals surface area contributed by atoms with Crippen molar-refractivity contribution in [1.82, 2.24) is 25.2 Å². The predicted molar refractivity (Wildman–Crippen MR) is 105 cm³/mol. The van der Waals surface area contributed by atoms with Crippen molar-refractivity contribution in [1.29, 1.82) is 0 Å². The Labute approximate surface area is 181 Å². The van der Waals surface area contributed by atoms with Crippen LogP contribution in [0, 0.1) is 5.82 Å². The molecule has 3 rings (SSSR count). The Bertz CT molecular complexity index is 975. The number of piperidine rings is 1. The molecule has 0 aliphatic carbocycles. The average molecular weight is 457 g/mol. The lowest BCUT2D eigenvalue weighted by atomic mass is 10.0. The second kappa shape index (κ2) is 8.75. The summed E-state index contributed by atoms with van der Waals surface area (Å²) in [6.07, 6.45) is -4.82. The zero-order chi connectivity index (χ0) is 23.7. The molecule has 0 unspecified atom stereocenters. The maximum absolute atomic E-state index is 13.8. The van der Waals surface area contributed by atoms with Crippen LogP contribution in [-0.2, 0) is 10.9 Å². The number of carbonyl (C=O) groups is 2. The molecule has 0 saturated carbocycles. The maximum Gasteiger partial charge on any atom is 0.435 e. The second-order valence-corrected chi connectivity index (χ2v) is 8.39. The summed E-state index contributed by atoms with van der Waals surface area (Å²) in [6.45, 7) is 5.43. The summed E-state index contributed by atoms with van der Waals surface area (Å²) < 4.78 is 60.1. The van der Waals surface area contributed by atoms with Crippen molar-refractivity contribution in [3.63, 3.8) is 0 Å². The number of carbonyl (C=O) groups excluding carboxylic acids is 2. The summed E-state index contributed by atoms with van der Waals surface area (Å²) in [4.78, 5) is 26.0. The van der Waals surface area contributed by atoms with Gasteiger partial charge in [0.1, 0.15) is 11.4 Å². The quantitative estimate of drug-likeness (QED) is 0.712. The lowest BCUT2D eigenvalue weighted by Gasteiger charge is -2.32. The van der Waals surface area contributed by atoms with Crippen molar-refractivity contribution in [2.45, 2.75) is 51.4 Å². The molecule has 1 aliphatic rings. The molecule has 1 saturated heterocycles. The Morgan fingerprint density at radius 1 is 1.09 bits per heavy atom. The number of ether oxygens (including phenoxy) is 1. The average Bonchev–Trinajstić information content (AvgIpc) is 3.13. The molecule has 2 aromatic rings. The third-order valence-corrected chi connectivity index (χ3v) is 4.72. The minimum absolute atomic E-state index is 0.0782. The van der Waals surface area contributed by atoms with E-state index in [0.29, 0.717) is 17.5 Å². The molecule has 1 aromatic carbocycles. The van der Waals surface area contributed by atoms with Gasteiger partial charge in [-0.3, -0.25) is 4.79 Å². The van der Waals surface area contributed by atoms with Crippen LogP contribution < -0.4 is 5.32 Å². The number of hydrogen-bond acceptors (Lipinski definition) is 5. The van der Waals surface area contributed by atoms with Gasteiger partial charge in [0.2, 0.25) is 0 Å². The van der Waals surface area contributed by atoms with Gasteiger partial charge in [-0.05, 0) is 57.9 Å². The number of aromatic nitrogens is 3. The first-order chi connectivity index (χ1) is 14.8. The summed E-state index contributed by atoms with van der Waals surface area (Å²) in [6, 6.07) is 3.93. The van der Waals surface area contributed by atoms with Gasteiger partial charge in [-0.15, -0.1) is 5.10 Å². The van der Waals surface area contributed by atoms with Crippen LogP contribution >= 0.6 is 0 Å². The number of nitrogens with one attached hydrogen (secondary N) is 1. The van der Waals surface area contributed by atoms with Crippen LogP contribution in [-0.4, -0.2) is 56.6 Å². The highest BCUT2D eigenvalue weighted by Gasteiger charge is 2.43. The van der Waals surface area contributed by atoms with Gasteiger partial charge in [-0.1, -0.05) is 5.21 Å². The number of benzene rings is 1. The molecule has 1 aliphatic heterocycles. The van der Waals surface area contributed by atoms with E-state index in [1.54, 1.807) is 20.8 Å². The number of alkyl carbamates (subject to hydrolysis) is 1. The molecule has 32 heavy (non-hydrogen) atoms. The molecule has 1 N–H and O–H groups in total. The van der Waals surface area contributed by atoms with Crippen molar-refractivity contribution >= 4 is 12.0 Å². The van der Waals surface area contributed by atoms with Crippen molar-refractivity contribution in [3.8, 4) is 5.69 Å². The predicted octanol–water partition coefficient (Wildman–Crippen LogP) is 3.55. The van der Waals surface area contributed by atoms with Gasteiger partial charge < -0.3 is 15.0 Å². The highest BCUT2D eigenvalue weighted by molar-refractivity contribution is 5.93. The number of hydrogen-bond donors (Lipinski definition) is 1. The van der Waals surface area contributed by atoms with E-state index < -0.39 is 41.0 Å². The van der Waals surface area contributed by atoms with E-state index in [2.05, 4.69) is 15.6 Å². The fourth-order valence-electron chi connectivity index (χ4n) is 3.29. The number of amides is 2. The number of halogens is 4. The number of alkyl halides is 3. The molecule has 0 bridgehead atoms. The Hall–Kier alpha value is -3.18. The SMILES string of the molecule is CC(C)(C)OC(=O)NC1CCN(C(=O)c2nnn(-c3ccc(F)cc3)c2C(F)(F)F)CC1. The van der Waals surface area contributed by atoms with Gasteiger partial charge in [0.15, 0.2) is 11.4 Å². The molecule has 2 heterocycles. The van der Waals surface area contributed by atoms with E-state index in [9.17, 15) is 27.2 Å². The zero-order valence-corrected chi connectivity index (χ0v) is 17.7. The first-order valence-electron chi connectivity index (χ1n) is 9.93. The van der Waals surface area contributed by atoms with E-state index >= 15 is 0 Å². The molecular formula is C20H23F4N5O3. The van der Waals surface area contributed by atoms with Gasteiger partial charge in [0, 0.05) is 19.1 Å². The Balaban J connectivity index is 1.73. The summed E-state index contributed by atoms with van der Waals surface area (Å²) in [5.74, 6) is -1.54. The molecule has 0 spiro atoms. The van der Waals surface area contributed by atoms with Crippen LogP contribution in [0.2, 0.25) is 0 Å². The van der Waals surface area contributed by atoms with Crippen LogP contribution in [0.25, 0.3) is 5.69 Å². The van der Waals surface area contributed by atoms with E-state index in [0.717, 1.165) is 24.3 Å². The molecule has 2 amide bonds. The first-order valence-corrected chi connectivity index (χ1v) is 9.93.